The molecule has 0 spiro atoms. The Bertz CT molecular complexity index is 4860. The van der Waals surface area contributed by atoms with E-state index in [0.717, 1.165) is 46.2 Å². The fourth-order valence-electron chi connectivity index (χ4n) is 15.7. The summed E-state index contributed by atoms with van der Waals surface area (Å²) >= 11 is 3.63. The van der Waals surface area contributed by atoms with Crippen LogP contribution < -0.4 is 32.3 Å². The molecule has 7 amide bonds. The Labute approximate surface area is 675 Å². The van der Waals surface area contributed by atoms with Gasteiger partial charge in [-0.05, 0) is 232 Å². The molecule has 3 aliphatic rings. The van der Waals surface area contributed by atoms with Crippen molar-refractivity contribution in [1.29, 1.82) is 0 Å². The van der Waals surface area contributed by atoms with Gasteiger partial charge in [0.2, 0.25) is 35.6 Å². The van der Waals surface area contributed by atoms with Gasteiger partial charge < -0.3 is 42.1 Å². The Balaban J connectivity index is 0.000000171. The van der Waals surface area contributed by atoms with Crippen LogP contribution >= 0.6 is 15.9 Å². The topological polar surface area (TPSA) is 325 Å². The molecule has 13 rings (SSSR count). The maximum atomic E-state index is 14.4. The lowest BCUT2D eigenvalue weighted by Crippen LogP contribution is -2.50. The lowest BCUT2D eigenvalue weighted by Gasteiger charge is -2.33. The first-order chi connectivity index (χ1) is 54.3. The minimum atomic E-state index is -0.786. The number of Topliss-reactive ketones (excluding diaryl/α,β-unsaturated/α-hetero) is 1. The molecule has 8 aromatic carbocycles. The van der Waals surface area contributed by atoms with Crippen LogP contribution in [0.4, 0.5) is 16.2 Å². The SMILES string of the molecule is Cc1ccccc1[C@H]1CC(Br)C(=O)N(CC(=O)NC(C)(C)C)[C@@H](c2ccccc2)C1.Cc1ccccc1[C@H]1CC(N)C(=O)N(CC(=O)NC(C)(C)C)[C@@H](c2ccccc2)C1.Cc1ccccc1[C@H]1CC(NC(=O)Nc2ccc3n[nH]nc3c2)C(=O)C(CC(=O)NC(C)(C)C)[C@@H](c2ccccc2)C1.O=C=Nc1ccc2n[nH]nc2c1. The molecule has 10 atom stereocenters. The molecule has 4 heterocycles. The molecule has 2 aliphatic heterocycles. The number of aliphatic imine (C=N–C) groups is 1. The number of aryl methyl sites for hydroxylation is 3. The Kier molecular flexibility index (Phi) is 28.7. The van der Waals surface area contributed by atoms with Gasteiger partial charge in [0.25, 0.3) is 0 Å². The van der Waals surface area contributed by atoms with Gasteiger partial charge in [0, 0.05) is 34.6 Å². The van der Waals surface area contributed by atoms with Crippen molar-refractivity contribution in [2.24, 2.45) is 16.6 Å². The summed E-state index contributed by atoms with van der Waals surface area (Å²) in [4.78, 5) is 110. The number of hydrogen-bond donors (Lipinski definition) is 8. The smallest absolute Gasteiger partial charge is 0.319 e. The Morgan fingerprint density at radius 3 is 1.38 bits per heavy atom. The number of rotatable bonds is 15. The van der Waals surface area contributed by atoms with Gasteiger partial charge in [0.05, 0.1) is 34.7 Å². The van der Waals surface area contributed by atoms with Crippen molar-refractivity contribution in [3.05, 3.63) is 250 Å². The quantitative estimate of drug-likeness (QED) is 0.0205. The standard InChI is InChI=1S/C33H38N6O3.C25H31BrN2O2.C25H33N3O2.C7H4N4O/c1-20-10-8-9-13-24(20)22-16-25(21-11-6-5-7-12-21)26(19-30(40)36-33(2,3)4)31(41)29(17-22)35-32(42)34-23-14-15-27-28(18-23)38-39-37-27;2*1-17-10-8-9-13-20(17)19-14-21(26)24(30)28(16-23(29)27-25(2,3)4)22(15-19)18-11-6-5-7-12-18;12-4-8-5-1-2-6-7(3-5)10-11-9-6/h5-15,18,22,25-26,29H,16-17,19H2,1-4H3,(H,36,40)(H2,34,35,42)(H,37,38,39);5-13,19,21-22H,14-16H2,1-4H3,(H,27,29);5-13,19,21-22H,14-16,26H2,1-4H3,(H,27,29);1-3H,(H,9,10,11)/t22-,25-,26?,29?;2*19-,21?,22+;/m100./s1. The van der Waals surface area contributed by atoms with Crippen LogP contribution in [0.1, 0.15) is 193 Å². The van der Waals surface area contributed by atoms with Gasteiger partial charge in [-0.3, -0.25) is 28.8 Å². The summed E-state index contributed by atoms with van der Waals surface area (Å²) in [5, 5.41) is 35.6. The summed E-state index contributed by atoms with van der Waals surface area (Å²) in [6, 6.07) is 62.8. The van der Waals surface area contributed by atoms with E-state index in [-0.39, 0.29) is 106 Å². The molecule has 10 aromatic rings. The Hall–Kier alpha value is -11.3. The average molecular weight is 1610 g/mol. The number of carbonyl (C=O) groups is 7. The van der Waals surface area contributed by atoms with Gasteiger partial charge >= 0.3 is 6.03 Å². The van der Waals surface area contributed by atoms with Crippen molar-refractivity contribution in [2.45, 2.75) is 197 Å². The third-order valence-electron chi connectivity index (χ3n) is 20.6. The van der Waals surface area contributed by atoms with Crippen LogP contribution in [0.2, 0.25) is 0 Å². The number of aromatic amines is 2. The number of alkyl halides is 1. The van der Waals surface area contributed by atoms with Crippen molar-refractivity contribution in [2.75, 3.05) is 18.4 Å². The number of aromatic nitrogens is 6. The lowest BCUT2D eigenvalue weighted by molar-refractivity contribution is -0.139. The predicted octanol–water partition coefficient (Wildman–Crippen LogP) is 15.3. The number of amides is 7. The highest BCUT2D eigenvalue weighted by atomic mass is 79.9. The fourth-order valence-corrected chi connectivity index (χ4v) is 16.4. The van der Waals surface area contributed by atoms with E-state index in [1.165, 1.54) is 28.3 Å². The van der Waals surface area contributed by atoms with E-state index in [0.29, 0.717) is 53.6 Å². The van der Waals surface area contributed by atoms with Gasteiger partial charge in [-0.15, -0.1) is 0 Å². The summed E-state index contributed by atoms with van der Waals surface area (Å²) in [6.45, 7) is 23.8. The van der Waals surface area contributed by atoms with Crippen molar-refractivity contribution >= 4 is 96.8 Å². The van der Waals surface area contributed by atoms with Crippen LogP contribution in [0, 0.1) is 26.7 Å². The fraction of sp³-hybridized carbons (Fsp3) is 0.378. The molecule has 24 heteroatoms. The van der Waals surface area contributed by atoms with Crippen LogP contribution in [0.3, 0.4) is 0 Å². The predicted molar refractivity (Wildman–Crippen MR) is 449 cm³/mol. The van der Waals surface area contributed by atoms with Crippen LogP contribution in [-0.4, -0.2) is 135 Å². The first kappa shape index (κ1) is 85.1. The van der Waals surface area contributed by atoms with E-state index >= 15 is 0 Å². The van der Waals surface area contributed by atoms with Gasteiger partial charge in [0.1, 0.15) is 35.2 Å². The van der Waals surface area contributed by atoms with Crippen molar-refractivity contribution < 1.29 is 38.4 Å². The maximum Gasteiger partial charge on any atom is 0.319 e. The van der Waals surface area contributed by atoms with Gasteiger partial charge in [-0.2, -0.15) is 35.8 Å². The van der Waals surface area contributed by atoms with E-state index < -0.39 is 29.6 Å². The molecule has 3 fully saturated rings. The van der Waals surface area contributed by atoms with Crippen LogP contribution in [0.5, 0.6) is 0 Å². The minimum Gasteiger partial charge on any atom is -0.351 e. The number of H-pyrrole nitrogens is 2. The van der Waals surface area contributed by atoms with Crippen LogP contribution in [0.15, 0.2) is 205 Å². The molecule has 4 unspecified atom stereocenters. The molecule has 0 radical (unpaired) electrons. The number of nitrogens with one attached hydrogen (secondary N) is 7. The summed E-state index contributed by atoms with van der Waals surface area (Å²) < 4.78 is 0. The van der Waals surface area contributed by atoms with Gasteiger partial charge in [-0.1, -0.05) is 180 Å². The van der Waals surface area contributed by atoms with Gasteiger partial charge in [0.15, 0.2) is 5.78 Å². The average Bonchev–Trinajstić information content (AvgIpc) is 1.64. The number of benzene rings is 8. The summed E-state index contributed by atoms with van der Waals surface area (Å²) in [5.41, 5.74) is 19.4. The zero-order chi connectivity index (χ0) is 82.0. The number of isocyanates is 1. The van der Waals surface area contributed by atoms with E-state index in [2.05, 4.69) is 154 Å². The third-order valence-corrected chi connectivity index (χ3v) is 21.4. The molecular formula is C90H106BrN15O8. The first-order valence-electron chi connectivity index (χ1n) is 38.8. The lowest BCUT2D eigenvalue weighted by atomic mass is 9.76. The highest BCUT2D eigenvalue weighted by Crippen LogP contribution is 2.46. The number of anilines is 1. The molecule has 9 N–H and O–H groups in total. The largest absolute Gasteiger partial charge is 0.351 e. The second-order valence-corrected chi connectivity index (χ2v) is 34.0. The number of nitrogens with two attached hydrogens (primary N) is 1. The monoisotopic (exact) mass is 1600 g/mol. The number of likely N-dealkylation sites (tertiary alicyclic amines) is 2. The number of fused-ring (bicyclic) bond motifs is 2. The molecule has 23 nitrogen and oxygen atoms in total. The first-order valence-corrected chi connectivity index (χ1v) is 39.7. The second kappa shape index (κ2) is 38.5. The Morgan fingerprint density at radius 2 is 0.904 bits per heavy atom. The molecule has 1 aliphatic carbocycles. The number of halogens is 1. The number of ketones is 1. The normalized spacial score (nSPS) is 20.6. The minimum absolute atomic E-state index is 0.00383. The number of carbonyl (C=O) groups excluding carboxylic acids is 8. The summed E-state index contributed by atoms with van der Waals surface area (Å²) in [7, 11) is 0. The van der Waals surface area contributed by atoms with Crippen molar-refractivity contribution in [3.63, 3.8) is 0 Å². The highest BCUT2D eigenvalue weighted by Gasteiger charge is 2.44. The van der Waals surface area contributed by atoms with Gasteiger partial charge in [-0.25, -0.2) is 9.59 Å². The molecular weight excluding hydrogens is 1500 g/mol. The molecule has 114 heavy (non-hydrogen) atoms. The number of nitrogens with zero attached hydrogens (tertiary/aromatic N) is 7. The molecule has 2 aromatic heterocycles. The highest BCUT2D eigenvalue weighted by molar-refractivity contribution is 9.10. The maximum absolute atomic E-state index is 14.4. The zero-order valence-electron chi connectivity index (χ0n) is 67.0. The summed E-state index contributed by atoms with van der Waals surface area (Å²) in [6.07, 6.45) is 5.41. The molecule has 1 saturated carbocycles. The van der Waals surface area contributed by atoms with Crippen LogP contribution in [0.25, 0.3) is 22.1 Å². The molecule has 596 valence electrons. The zero-order valence-corrected chi connectivity index (χ0v) is 68.6. The molecule has 2 saturated heterocycles. The van der Waals surface area contributed by atoms with E-state index in [1.54, 1.807) is 46.2 Å². The third kappa shape index (κ3) is 23.6. The van der Waals surface area contributed by atoms with Crippen molar-refractivity contribution in [1.82, 2.24) is 61.9 Å². The van der Waals surface area contributed by atoms with Crippen molar-refractivity contribution in [3.8, 4) is 0 Å². The number of urea groups is 1. The van der Waals surface area contributed by atoms with Crippen LogP contribution in [-0.2, 0) is 33.6 Å². The van der Waals surface area contributed by atoms with E-state index in [1.807, 2.05) is 172 Å². The van der Waals surface area contributed by atoms with E-state index in [9.17, 15) is 38.4 Å². The molecule has 0 bridgehead atoms. The summed E-state index contributed by atoms with van der Waals surface area (Å²) in [5.74, 6) is -1.25. The second-order valence-electron chi connectivity index (χ2n) is 32.9. The number of hydrogen-bond acceptors (Lipinski definition) is 14. The van der Waals surface area contributed by atoms with E-state index in [4.69, 9.17) is 5.73 Å². The Morgan fingerprint density at radius 1 is 0.491 bits per heavy atom.